The first-order chi connectivity index (χ1) is 5.87. The van der Waals surface area contributed by atoms with Gasteiger partial charge in [0.25, 0.3) is 0 Å². The number of hydrogen-bond donors (Lipinski definition) is 2. The van der Waals surface area contributed by atoms with E-state index in [1.165, 1.54) is 0 Å². The number of aliphatic hydroxyl groups is 2. The highest BCUT2D eigenvalue weighted by Crippen LogP contribution is 2.55. The Balaban J connectivity index is 2.14. The van der Waals surface area contributed by atoms with Gasteiger partial charge in [-0.15, -0.1) is 0 Å². The molecule has 1 fully saturated rings. The maximum absolute atomic E-state index is 9.51. The summed E-state index contributed by atoms with van der Waals surface area (Å²) in [5.41, 5.74) is -0.153. The van der Waals surface area contributed by atoms with Crippen molar-refractivity contribution < 1.29 is 10.2 Å². The van der Waals surface area contributed by atoms with Crippen molar-refractivity contribution in [1.29, 1.82) is 0 Å². The first-order valence-electron chi connectivity index (χ1n) is 5.21. The maximum atomic E-state index is 9.51. The molecule has 2 nitrogen and oxygen atoms in total. The average molecular weight is 186 g/mol. The topological polar surface area (TPSA) is 40.5 Å². The fourth-order valence-corrected chi connectivity index (χ4v) is 2.02. The smallest absolute Gasteiger partial charge is 0.0591 e. The van der Waals surface area contributed by atoms with E-state index in [1.54, 1.807) is 0 Å². The molecule has 0 saturated heterocycles. The number of aliphatic hydroxyl groups excluding tert-OH is 1. The van der Waals surface area contributed by atoms with E-state index in [2.05, 4.69) is 6.92 Å². The normalized spacial score (nSPS) is 33.5. The van der Waals surface area contributed by atoms with Crippen LogP contribution >= 0.6 is 0 Å². The van der Waals surface area contributed by atoms with Crippen LogP contribution in [-0.2, 0) is 0 Å². The Labute approximate surface area is 81.0 Å². The SMILES string of the molecule is CC(C)(O)CCCC1(C)CC1CO. The van der Waals surface area contributed by atoms with E-state index in [9.17, 15) is 5.11 Å². The predicted octanol–water partition coefficient (Wildman–Crippen LogP) is 1.95. The van der Waals surface area contributed by atoms with Crippen LogP contribution in [0.25, 0.3) is 0 Å². The van der Waals surface area contributed by atoms with E-state index in [0.717, 1.165) is 25.7 Å². The van der Waals surface area contributed by atoms with Gasteiger partial charge in [0.15, 0.2) is 0 Å². The minimum absolute atomic E-state index is 0.332. The van der Waals surface area contributed by atoms with Crippen LogP contribution in [0.2, 0.25) is 0 Å². The summed E-state index contributed by atoms with van der Waals surface area (Å²) in [6, 6.07) is 0. The van der Waals surface area contributed by atoms with E-state index in [0.29, 0.717) is 17.9 Å². The lowest BCUT2D eigenvalue weighted by molar-refractivity contribution is 0.0661. The van der Waals surface area contributed by atoms with Gasteiger partial charge in [-0.25, -0.2) is 0 Å². The lowest BCUT2D eigenvalue weighted by atomic mass is 9.94. The summed E-state index contributed by atoms with van der Waals surface area (Å²) in [6.45, 7) is 6.27. The van der Waals surface area contributed by atoms with E-state index in [-0.39, 0.29) is 0 Å². The van der Waals surface area contributed by atoms with Gasteiger partial charge < -0.3 is 10.2 Å². The van der Waals surface area contributed by atoms with Gasteiger partial charge in [-0.05, 0) is 44.4 Å². The first kappa shape index (κ1) is 11.0. The van der Waals surface area contributed by atoms with Crippen LogP contribution in [0.5, 0.6) is 0 Å². The molecule has 0 aliphatic heterocycles. The quantitative estimate of drug-likeness (QED) is 0.689. The van der Waals surface area contributed by atoms with Crippen LogP contribution in [0.4, 0.5) is 0 Å². The second kappa shape index (κ2) is 3.58. The monoisotopic (exact) mass is 186 g/mol. The largest absolute Gasteiger partial charge is 0.396 e. The van der Waals surface area contributed by atoms with Crippen molar-refractivity contribution in [3.05, 3.63) is 0 Å². The third kappa shape index (κ3) is 3.28. The van der Waals surface area contributed by atoms with Gasteiger partial charge in [0.1, 0.15) is 0 Å². The Morgan fingerprint density at radius 2 is 2.08 bits per heavy atom. The van der Waals surface area contributed by atoms with Crippen LogP contribution < -0.4 is 0 Å². The second-order valence-corrected chi connectivity index (χ2v) is 5.40. The van der Waals surface area contributed by atoms with Gasteiger partial charge in [-0.3, -0.25) is 0 Å². The standard InChI is InChI=1S/C11H22O2/c1-10(2,13)5-4-6-11(3)7-9(11)8-12/h9,12-13H,4-8H2,1-3H3. The molecule has 13 heavy (non-hydrogen) atoms. The molecule has 0 radical (unpaired) electrons. The zero-order chi connectivity index (χ0) is 10.1. The second-order valence-electron chi connectivity index (χ2n) is 5.40. The van der Waals surface area contributed by atoms with Crippen LogP contribution in [0.15, 0.2) is 0 Å². The molecule has 2 atom stereocenters. The third-order valence-corrected chi connectivity index (χ3v) is 3.30. The molecule has 2 N–H and O–H groups in total. The van der Waals surface area contributed by atoms with Crippen LogP contribution in [0.1, 0.15) is 46.5 Å². The fraction of sp³-hybridized carbons (Fsp3) is 1.00. The molecule has 1 aliphatic carbocycles. The Hall–Kier alpha value is -0.0800. The highest BCUT2D eigenvalue weighted by atomic mass is 16.3. The number of rotatable bonds is 5. The highest BCUT2D eigenvalue weighted by Gasteiger charge is 2.48. The Morgan fingerprint density at radius 1 is 1.46 bits per heavy atom. The molecule has 0 spiro atoms. The minimum Gasteiger partial charge on any atom is -0.396 e. The fourth-order valence-electron chi connectivity index (χ4n) is 2.02. The summed E-state index contributed by atoms with van der Waals surface area (Å²) < 4.78 is 0. The maximum Gasteiger partial charge on any atom is 0.0591 e. The molecule has 2 heteroatoms. The van der Waals surface area contributed by atoms with Crippen LogP contribution in [0.3, 0.4) is 0 Å². The van der Waals surface area contributed by atoms with Gasteiger partial charge in [-0.2, -0.15) is 0 Å². The average Bonchev–Trinajstić information content (AvgIpc) is 2.59. The van der Waals surface area contributed by atoms with Crippen molar-refractivity contribution in [1.82, 2.24) is 0 Å². The van der Waals surface area contributed by atoms with Crippen molar-refractivity contribution in [3.8, 4) is 0 Å². The number of hydrogen-bond acceptors (Lipinski definition) is 2. The summed E-state index contributed by atoms with van der Waals surface area (Å²) >= 11 is 0. The van der Waals surface area contributed by atoms with Crippen LogP contribution in [-0.4, -0.2) is 22.4 Å². The summed E-state index contributed by atoms with van der Waals surface area (Å²) in [4.78, 5) is 0. The Kier molecular flexibility index (Phi) is 3.03. The van der Waals surface area contributed by atoms with Gasteiger partial charge in [0.05, 0.1) is 5.60 Å². The van der Waals surface area contributed by atoms with Crippen molar-refractivity contribution in [3.63, 3.8) is 0 Å². The predicted molar refractivity (Wildman–Crippen MR) is 53.4 cm³/mol. The summed E-state index contributed by atoms with van der Waals surface area (Å²) in [7, 11) is 0. The van der Waals surface area contributed by atoms with Crippen molar-refractivity contribution in [2.75, 3.05) is 6.61 Å². The van der Waals surface area contributed by atoms with Crippen molar-refractivity contribution >= 4 is 0 Å². The Bertz CT molecular complexity index is 171. The van der Waals surface area contributed by atoms with E-state index in [1.807, 2.05) is 13.8 Å². The zero-order valence-electron chi connectivity index (χ0n) is 9.01. The molecule has 0 aromatic rings. The Morgan fingerprint density at radius 3 is 2.46 bits per heavy atom. The molecule has 78 valence electrons. The molecule has 0 aromatic heterocycles. The van der Waals surface area contributed by atoms with Gasteiger partial charge in [0, 0.05) is 6.61 Å². The molecule has 0 heterocycles. The molecule has 0 aromatic carbocycles. The van der Waals surface area contributed by atoms with E-state index < -0.39 is 5.60 Å². The van der Waals surface area contributed by atoms with Crippen LogP contribution in [0, 0.1) is 11.3 Å². The molecular formula is C11H22O2. The lowest BCUT2D eigenvalue weighted by Crippen LogP contribution is -2.18. The summed E-state index contributed by atoms with van der Waals surface area (Å²) in [5.74, 6) is 0.523. The van der Waals surface area contributed by atoms with Gasteiger partial charge >= 0.3 is 0 Å². The molecule has 2 unspecified atom stereocenters. The minimum atomic E-state index is -0.528. The molecule has 1 rings (SSSR count). The summed E-state index contributed by atoms with van der Waals surface area (Å²) in [5, 5.41) is 18.5. The molecular weight excluding hydrogens is 164 g/mol. The summed E-state index contributed by atoms with van der Waals surface area (Å²) in [6.07, 6.45) is 4.23. The molecule has 0 bridgehead atoms. The van der Waals surface area contributed by atoms with Crippen molar-refractivity contribution in [2.45, 2.75) is 52.1 Å². The third-order valence-electron chi connectivity index (χ3n) is 3.30. The first-order valence-corrected chi connectivity index (χ1v) is 5.21. The molecule has 0 amide bonds. The van der Waals surface area contributed by atoms with Gasteiger partial charge in [-0.1, -0.05) is 13.3 Å². The molecule has 1 aliphatic rings. The molecule has 1 saturated carbocycles. The van der Waals surface area contributed by atoms with E-state index in [4.69, 9.17) is 5.11 Å². The van der Waals surface area contributed by atoms with E-state index >= 15 is 0 Å². The van der Waals surface area contributed by atoms with Gasteiger partial charge in [0.2, 0.25) is 0 Å². The zero-order valence-corrected chi connectivity index (χ0v) is 9.01. The highest BCUT2D eigenvalue weighted by molar-refractivity contribution is 4.98. The van der Waals surface area contributed by atoms with Crippen molar-refractivity contribution in [2.24, 2.45) is 11.3 Å². The lowest BCUT2D eigenvalue weighted by Gasteiger charge is -2.18.